The highest BCUT2D eigenvalue weighted by Crippen LogP contribution is 2.25. The third-order valence-corrected chi connectivity index (χ3v) is 3.92. The Hall–Kier alpha value is -2.63. The van der Waals surface area contributed by atoms with Gasteiger partial charge in [0.05, 0.1) is 16.3 Å². The molecule has 1 heterocycles. The maximum atomic E-state index is 12.3. The van der Waals surface area contributed by atoms with E-state index in [0.29, 0.717) is 27.2 Å². The zero-order valence-corrected chi connectivity index (χ0v) is 14.8. The van der Waals surface area contributed by atoms with E-state index in [1.165, 1.54) is 12.4 Å². The average molecular weight is 373 g/mol. The topological polar surface area (TPSA) is 66.9 Å². The van der Waals surface area contributed by atoms with Gasteiger partial charge in [-0.15, -0.1) is 0 Å². The Labute approximate surface area is 155 Å². The van der Waals surface area contributed by atoms with Gasteiger partial charge in [-0.25, -0.2) is 9.97 Å². The van der Waals surface area contributed by atoms with Gasteiger partial charge in [0.25, 0.3) is 5.91 Å². The van der Waals surface area contributed by atoms with E-state index in [2.05, 4.69) is 20.6 Å². The summed E-state index contributed by atoms with van der Waals surface area (Å²) in [4.78, 5) is 20.6. The molecule has 3 aromatic rings. The number of amides is 1. The first kappa shape index (κ1) is 17.2. The van der Waals surface area contributed by atoms with Crippen LogP contribution in [0.25, 0.3) is 0 Å². The van der Waals surface area contributed by atoms with Gasteiger partial charge < -0.3 is 10.6 Å². The summed E-state index contributed by atoms with van der Waals surface area (Å²) in [7, 11) is 0. The summed E-state index contributed by atoms with van der Waals surface area (Å²) in [5.41, 5.74) is 2.80. The normalized spacial score (nSPS) is 10.4. The lowest BCUT2D eigenvalue weighted by atomic mass is 10.2. The number of benzene rings is 2. The van der Waals surface area contributed by atoms with Gasteiger partial charge in [0.15, 0.2) is 0 Å². The van der Waals surface area contributed by atoms with E-state index in [9.17, 15) is 4.79 Å². The second kappa shape index (κ2) is 7.51. The zero-order chi connectivity index (χ0) is 17.8. The standard InChI is InChI=1S/C18H14Cl2N4O/c1-11-3-2-4-14(7-11)23-18-21-9-12(10-22-18)17(25)24-16-6-5-13(19)8-15(16)20/h2-10H,1H3,(H,24,25)(H,21,22,23). The Balaban J connectivity index is 1.70. The largest absolute Gasteiger partial charge is 0.324 e. The van der Waals surface area contributed by atoms with Gasteiger partial charge in [-0.3, -0.25) is 4.79 Å². The van der Waals surface area contributed by atoms with E-state index in [1.807, 2.05) is 31.2 Å². The van der Waals surface area contributed by atoms with E-state index in [4.69, 9.17) is 23.2 Å². The maximum absolute atomic E-state index is 12.3. The molecular formula is C18H14Cl2N4O. The van der Waals surface area contributed by atoms with Gasteiger partial charge in [0.2, 0.25) is 5.95 Å². The number of halogens is 2. The van der Waals surface area contributed by atoms with Crippen LogP contribution in [0.5, 0.6) is 0 Å². The molecule has 5 nitrogen and oxygen atoms in total. The van der Waals surface area contributed by atoms with Crippen LogP contribution < -0.4 is 10.6 Å². The molecule has 1 amide bonds. The highest BCUT2D eigenvalue weighted by molar-refractivity contribution is 6.36. The monoisotopic (exact) mass is 372 g/mol. The number of hydrogen-bond acceptors (Lipinski definition) is 4. The molecule has 0 fully saturated rings. The lowest BCUT2D eigenvalue weighted by molar-refractivity contribution is 0.102. The second-order valence-electron chi connectivity index (χ2n) is 5.37. The average Bonchev–Trinajstić information content (AvgIpc) is 2.58. The van der Waals surface area contributed by atoms with E-state index >= 15 is 0 Å². The Morgan fingerprint density at radius 1 is 1.04 bits per heavy atom. The minimum Gasteiger partial charge on any atom is -0.324 e. The highest BCUT2D eigenvalue weighted by atomic mass is 35.5. The Morgan fingerprint density at radius 2 is 1.80 bits per heavy atom. The molecule has 0 spiro atoms. The van der Waals surface area contributed by atoms with Gasteiger partial charge in [0, 0.05) is 23.1 Å². The summed E-state index contributed by atoms with van der Waals surface area (Å²) >= 11 is 11.9. The second-order valence-corrected chi connectivity index (χ2v) is 6.21. The smallest absolute Gasteiger partial charge is 0.258 e. The minimum absolute atomic E-state index is 0.320. The van der Waals surface area contributed by atoms with E-state index in [-0.39, 0.29) is 5.91 Å². The molecule has 7 heteroatoms. The lowest BCUT2D eigenvalue weighted by Crippen LogP contribution is -2.13. The van der Waals surface area contributed by atoms with Crippen LogP contribution >= 0.6 is 23.2 Å². The van der Waals surface area contributed by atoms with Crippen molar-refractivity contribution in [3.63, 3.8) is 0 Å². The molecule has 0 aliphatic carbocycles. The van der Waals surface area contributed by atoms with Crippen LogP contribution in [-0.2, 0) is 0 Å². The molecule has 0 unspecified atom stereocenters. The van der Waals surface area contributed by atoms with Gasteiger partial charge in [0.1, 0.15) is 0 Å². The zero-order valence-electron chi connectivity index (χ0n) is 13.3. The number of aryl methyl sites for hydroxylation is 1. The molecule has 25 heavy (non-hydrogen) atoms. The fourth-order valence-corrected chi connectivity index (χ4v) is 2.60. The molecule has 0 aliphatic rings. The van der Waals surface area contributed by atoms with Gasteiger partial charge >= 0.3 is 0 Å². The summed E-state index contributed by atoms with van der Waals surface area (Å²) in [5, 5.41) is 6.65. The number of nitrogens with zero attached hydrogens (tertiary/aromatic N) is 2. The fourth-order valence-electron chi connectivity index (χ4n) is 2.15. The summed E-state index contributed by atoms with van der Waals surface area (Å²) < 4.78 is 0. The van der Waals surface area contributed by atoms with Crippen molar-refractivity contribution in [1.29, 1.82) is 0 Å². The molecule has 2 aromatic carbocycles. The molecule has 126 valence electrons. The number of carbonyl (C=O) groups excluding carboxylic acids is 1. The molecule has 1 aromatic heterocycles. The van der Waals surface area contributed by atoms with Gasteiger partial charge in [-0.05, 0) is 42.8 Å². The third-order valence-electron chi connectivity index (χ3n) is 3.37. The van der Waals surface area contributed by atoms with Crippen molar-refractivity contribution in [2.24, 2.45) is 0 Å². The maximum Gasteiger partial charge on any atom is 0.258 e. The Bertz CT molecular complexity index is 913. The minimum atomic E-state index is -0.355. The number of carbonyl (C=O) groups is 1. The SMILES string of the molecule is Cc1cccc(Nc2ncc(C(=O)Nc3ccc(Cl)cc3Cl)cn2)c1. The van der Waals surface area contributed by atoms with Crippen LogP contribution in [-0.4, -0.2) is 15.9 Å². The summed E-state index contributed by atoms with van der Waals surface area (Å²) in [5.74, 6) is 0.0537. The Morgan fingerprint density at radius 3 is 2.48 bits per heavy atom. The van der Waals surface area contributed by atoms with Crippen LogP contribution in [0.1, 0.15) is 15.9 Å². The highest BCUT2D eigenvalue weighted by Gasteiger charge is 2.10. The first-order valence-corrected chi connectivity index (χ1v) is 8.19. The van der Waals surface area contributed by atoms with Crippen molar-refractivity contribution >= 4 is 46.4 Å². The molecule has 0 saturated heterocycles. The van der Waals surface area contributed by atoms with E-state index in [0.717, 1.165) is 11.3 Å². The Kier molecular flexibility index (Phi) is 5.16. The molecule has 2 N–H and O–H groups in total. The number of hydrogen-bond donors (Lipinski definition) is 2. The van der Waals surface area contributed by atoms with Crippen LogP contribution in [0.2, 0.25) is 10.0 Å². The van der Waals surface area contributed by atoms with Crippen molar-refractivity contribution in [1.82, 2.24) is 9.97 Å². The summed E-state index contributed by atoms with van der Waals surface area (Å²) in [6.45, 7) is 2.00. The number of nitrogens with one attached hydrogen (secondary N) is 2. The third kappa shape index (κ3) is 4.47. The van der Waals surface area contributed by atoms with E-state index in [1.54, 1.807) is 18.2 Å². The van der Waals surface area contributed by atoms with E-state index < -0.39 is 0 Å². The van der Waals surface area contributed by atoms with Crippen molar-refractivity contribution in [2.45, 2.75) is 6.92 Å². The molecule has 0 radical (unpaired) electrons. The van der Waals surface area contributed by atoms with Crippen molar-refractivity contribution in [3.05, 3.63) is 76.0 Å². The lowest BCUT2D eigenvalue weighted by Gasteiger charge is -2.08. The van der Waals surface area contributed by atoms with Crippen molar-refractivity contribution in [3.8, 4) is 0 Å². The number of anilines is 3. The van der Waals surface area contributed by atoms with Crippen molar-refractivity contribution in [2.75, 3.05) is 10.6 Å². The molecule has 0 aliphatic heterocycles. The van der Waals surface area contributed by atoms with Gasteiger partial charge in [-0.1, -0.05) is 35.3 Å². The quantitative estimate of drug-likeness (QED) is 0.669. The van der Waals surface area contributed by atoms with Gasteiger partial charge in [-0.2, -0.15) is 0 Å². The molecule has 0 bridgehead atoms. The first-order valence-electron chi connectivity index (χ1n) is 7.43. The van der Waals surface area contributed by atoms with Crippen LogP contribution in [0.15, 0.2) is 54.9 Å². The number of rotatable bonds is 4. The van der Waals surface area contributed by atoms with Crippen LogP contribution in [0.3, 0.4) is 0 Å². The predicted octanol–water partition coefficient (Wildman–Crippen LogP) is 5.09. The summed E-state index contributed by atoms with van der Waals surface area (Å²) in [6.07, 6.45) is 2.90. The fraction of sp³-hybridized carbons (Fsp3) is 0.0556. The molecule has 0 saturated carbocycles. The molecule has 0 atom stereocenters. The molecule has 3 rings (SSSR count). The van der Waals surface area contributed by atoms with Crippen LogP contribution in [0, 0.1) is 6.92 Å². The van der Waals surface area contributed by atoms with Crippen molar-refractivity contribution < 1.29 is 4.79 Å². The first-order chi connectivity index (χ1) is 12.0. The number of aromatic nitrogens is 2. The molecular weight excluding hydrogens is 359 g/mol. The predicted molar refractivity (Wildman–Crippen MR) is 101 cm³/mol. The summed E-state index contributed by atoms with van der Waals surface area (Å²) in [6, 6.07) is 12.7. The van der Waals surface area contributed by atoms with Crippen LogP contribution in [0.4, 0.5) is 17.3 Å².